The Bertz CT molecular complexity index is 892. The summed E-state index contributed by atoms with van der Waals surface area (Å²) in [5.41, 5.74) is 2.05. The first-order valence-corrected chi connectivity index (χ1v) is 7.12. The van der Waals surface area contributed by atoms with Crippen LogP contribution in [0.4, 0.5) is 11.4 Å². The normalized spacial score (nSPS) is 16.6. The van der Waals surface area contributed by atoms with Crippen LogP contribution in [-0.2, 0) is 0 Å². The summed E-state index contributed by atoms with van der Waals surface area (Å²) < 4.78 is 10.3. The largest absolute Gasteiger partial charge is 0.493 e. The molecule has 3 aromatic rings. The number of hydrogen-bond donors (Lipinski definition) is 1. The van der Waals surface area contributed by atoms with Gasteiger partial charge in [0.05, 0.1) is 23.3 Å². The first-order chi connectivity index (χ1) is 11.2. The van der Waals surface area contributed by atoms with E-state index in [2.05, 4.69) is 20.3 Å². The Morgan fingerprint density at radius 2 is 2.00 bits per heavy atom. The molecule has 0 spiro atoms. The van der Waals surface area contributed by atoms with Gasteiger partial charge in [-0.1, -0.05) is 18.2 Å². The monoisotopic (exact) mass is 312 g/mol. The zero-order valence-corrected chi connectivity index (χ0v) is 11.9. The van der Waals surface area contributed by atoms with E-state index < -0.39 is 4.92 Å². The van der Waals surface area contributed by atoms with E-state index in [4.69, 9.17) is 4.74 Å². The van der Waals surface area contributed by atoms with Gasteiger partial charge < -0.3 is 10.1 Å². The summed E-state index contributed by atoms with van der Waals surface area (Å²) in [5, 5.41) is 21.8. The average Bonchev–Trinajstić information content (AvgIpc) is 3.05. The van der Waals surface area contributed by atoms with Crippen molar-refractivity contribution in [1.29, 1.82) is 0 Å². The predicted molar refractivity (Wildman–Crippen MR) is 81.4 cm³/mol. The molecule has 1 aromatic heterocycles. The summed E-state index contributed by atoms with van der Waals surface area (Å²) in [6, 6.07) is 10.9. The molecule has 116 valence electrons. The summed E-state index contributed by atoms with van der Waals surface area (Å²) in [4.78, 5) is 10.5. The molecule has 2 aromatic carbocycles. The van der Waals surface area contributed by atoms with Crippen LogP contribution < -0.4 is 10.1 Å². The van der Waals surface area contributed by atoms with Gasteiger partial charge in [-0.05, 0) is 22.4 Å². The van der Waals surface area contributed by atoms with Crippen LogP contribution in [0.5, 0.6) is 5.75 Å². The van der Waals surface area contributed by atoms with Crippen LogP contribution in [0, 0.1) is 10.1 Å². The van der Waals surface area contributed by atoms with Gasteiger partial charge in [-0.25, -0.2) is 4.63 Å². The van der Waals surface area contributed by atoms with Crippen molar-refractivity contribution in [3.05, 3.63) is 52.1 Å². The molecule has 0 aliphatic carbocycles. The average molecular weight is 312 g/mol. The van der Waals surface area contributed by atoms with Crippen LogP contribution >= 0.6 is 0 Å². The molecule has 1 atom stereocenters. The number of non-ortho nitro benzene ring substituents is 1. The second-order valence-electron chi connectivity index (χ2n) is 5.22. The van der Waals surface area contributed by atoms with E-state index in [1.165, 1.54) is 6.07 Å². The third-order valence-electron chi connectivity index (χ3n) is 3.88. The van der Waals surface area contributed by atoms with E-state index >= 15 is 0 Å². The number of rotatable bonds is 3. The van der Waals surface area contributed by atoms with Crippen LogP contribution in [-0.4, -0.2) is 21.8 Å². The van der Waals surface area contributed by atoms with Gasteiger partial charge in [-0.2, -0.15) is 0 Å². The standard InChI is InChI=1S/C15H12N4O4/c20-19(21)12-6-5-11(14-15(12)18-23-17-14)16-10-7-8-22-13-4-2-1-3-9(10)13/h1-6,10,16H,7-8H2. The van der Waals surface area contributed by atoms with Gasteiger partial charge in [0.15, 0.2) is 5.52 Å². The Morgan fingerprint density at radius 1 is 1.17 bits per heavy atom. The molecule has 0 fully saturated rings. The fraction of sp³-hybridized carbons (Fsp3) is 0.200. The van der Waals surface area contributed by atoms with Crippen LogP contribution in [0.1, 0.15) is 18.0 Å². The minimum Gasteiger partial charge on any atom is -0.493 e. The molecule has 23 heavy (non-hydrogen) atoms. The molecule has 1 aliphatic rings. The van der Waals surface area contributed by atoms with Crippen LogP contribution in [0.25, 0.3) is 11.0 Å². The zero-order valence-electron chi connectivity index (χ0n) is 11.9. The van der Waals surface area contributed by atoms with Gasteiger partial charge in [0.25, 0.3) is 0 Å². The van der Waals surface area contributed by atoms with E-state index in [1.807, 2.05) is 24.3 Å². The molecule has 0 amide bonds. The fourth-order valence-corrected chi connectivity index (χ4v) is 2.80. The number of nitrogens with zero attached hydrogens (tertiary/aromatic N) is 3. The number of nitrogens with one attached hydrogen (secondary N) is 1. The van der Waals surface area contributed by atoms with Gasteiger partial charge in [0.1, 0.15) is 5.75 Å². The number of ether oxygens (including phenoxy) is 1. The highest BCUT2D eigenvalue weighted by atomic mass is 16.6. The highest BCUT2D eigenvalue weighted by Crippen LogP contribution is 2.36. The van der Waals surface area contributed by atoms with Crippen molar-refractivity contribution >= 4 is 22.4 Å². The highest BCUT2D eigenvalue weighted by Gasteiger charge is 2.24. The van der Waals surface area contributed by atoms with Crippen molar-refractivity contribution in [3.63, 3.8) is 0 Å². The highest BCUT2D eigenvalue weighted by molar-refractivity contribution is 5.93. The van der Waals surface area contributed by atoms with E-state index in [0.29, 0.717) is 17.8 Å². The molecule has 2 heterocycles. The maximum atomic E-state index is 11.0. The van der Waals surface area contributed by atoms with Crippen molar-refractivity contribution in [1.82, 2.24) is 10.3 Å². The summed E-state index contributed by atoms with van der Waals surface area (Å²) >= 11 is 0. The van der Waals surface area contributed by atoms with E-state index in [1.54, 1.807) is 6.07 Å². The van der Waals surface area contributed by atoms with Gasteiger partial charge >= 0.3 is 5.69 Å². The number of fused-ring (bicyclic) bond motifs is 2. The lowest BCUT2D eigenvalue weighted by atomic mass is 10.00. The summed E-state index contributed by atoms with van der Waals surface area (Å²) in [6.45, 7) is 0.599. The van der Waals surface area contributed by atoms with Crippen molar-refractivity contribution in [2.45, 2.75) is 12.5 Å². The summed E-state index contributed by atoms with van der Waals surface area (Å²) in [5.74, 6) is 0.840. The van der Waals surface area contributed by atoms with Gasteiger partial charge in [0.2, 0.25) is 5.52 Å². The lowest BCUT2D eigenvalue weighted by molar-refractivity contribution is -0.383. The number of para-hydroxylation sites is 1. The lowest BCUT2D eigenvalue weighted by Crippen LogP contribution is -2.20. The molecule has 1 aliphatic heterocycles. The molecular weight excluding hydrogens is 300 g/mol. The predicted octanol–water partition coefficient (Wildman–Crippen LogP) is 3.07. The first-order valence-electron chi connectivity index (χ1n) is 7.12. The van der Waals surface area contributed by atoms with E-state index in [0.717, 1.165) is 17.7 Å². The summed E-state index contributed by atoms with van der Waals surface area (Å²) in [6.07, 6.45) is 0.779. The molecular formula is C15H12N4O4. The van der Waals surface area contributed by atoms with Gasteiger partial charge in [0, 0.05) is 18.1 Å². The topological polar surface area (TPSA) is 103 Å². The Labute approximate surface area is 130 Å². The second kappa shape index (κ2) is 5.24. The number of nitro groups is 1. The number of nitro benzene ring substituents is 1. The van der Waals surface area contributed by atoms with Gasteiger partial charge in [-0.3, -0.25) is 10.1 Å². The lowest BCUT2D eigenvalue weighted by Gasteiger charge is -2.27. The smallest absolute Gasteiger partial charge is 0.300 e. The number of anilines is 1. The van der Waals surface area contributed by atoms with E-state index in [-0.39, 0.29) is 17.2 Å². The van der Waals surface area contributed by atoms with Crippen molar-refractivity contribution in [2.24, 2.45) is 0 Å². The minimum absolute atomic E-state index is 0.0290. The summed E-state index contributed by atoms with van der Waals surface area (Å²) in [7, 11) is 0. The Kier molecular flexibility index (Phi) is 3.07. The number of hydrogen-bond acceptors (Lipinski definition) is 7. The molecule has 0 saturated carbocycles. The van der Waals surface area contributed by atoms with Crippen LogP contribution in [0.15, 0.2) is 41.0 Å². The molecule has 1 N–H and O–H groups in total. The molecule has 0 radical (unpaired) electrons. The SMILES string of the molecule is O=[N+]([O-])c1ccc(NC2CCOc3ccccc32)c2nonc12. The maximum absolute atomic E-state index is 11.0. The quantitative estimate of drug-likeness (QED) is 0.585. The Morgan fingerprint density at radius 3 is 2.87 bits per heavy atom. The molecule has 8 heteroatoms. The van der Waals surface area contributed by atoms with Crippen LogP contribution in [0.3, 0.4) is 0 Å². The number of benzene rings is 2. The zero-order chi connectivity index (χ0) is 15.8. The van der Waals surface area contributed by atoms with Crippen molar-refractivity contribution in [3.8, 4) is 5.75 Å². The maximum Gasteiger partial charge on any atom is 0.300 e. The Hall–Kier alpha value is -3.16. The molecule has 4 rings (SSSR count). The molecule has 1 unspecified atom stereocenters. The molecule has 8 nitrogen and oxygen atoms in total. The van der Waals surface area contributed by atoms with Crippen molar-refractivity contribution < 1.29 is 14.3 Å². The minimum atomic E-state index is -0.500. The number of aromatic nitrogens is 2. The van der Waals surface area contributed by atoms with Crippen molar-refractivity contribution in [2.75, 3.05) is 11.9 Å². The Balaban J connectivity index is 1.74. The second-order valence-corrected chi connectivity index (χ2v) is 5.22. The molecule has 0 saturated heterocycles. The third kappa shape index (κ3) is 2.24. The van der Waals surface area contributed by atoms with Gasteiger partial charge in [-0.15, -0.1) is 0 Å². The third-order valence-corrected chi connectivity index (χ3v) is 3.88. The van der Waals surface area contributed by atoms with E-state index in [9.17, 15) is 10.1 Å². The molecule has 0 bridgehead atoms. The van der Waals surface area contributed by atoms with Crippen LogP contribution in [0.2, 0.25) is 0 Å². The fourth-order valence-electron chi connectivity index (χ4n) is 2.80. The first kappa shape index (κ1) is 13.5.